The standard InChI is InChI=1S/C28H20N2OS2/c31-28(30-23-16-7-10-20-11-9-19-29-27(20)23)26-24(32-21-12-3-1-4-13-21)17-8-18-25(26)33-22-14-5-2-6-15-22/h1-19H,(H,30,31). The zero-order valence-corrected chi connectivity index (χ0v) is 19.3. The molecule has 5 rings (SSSR count). The van der Waals surface area contributed by atoms with Gasteiger partial charge in [0.25, 0.3) is 5.91 Å². The maximum absolute atomic E-state index is 13.7. The van der Waals surface area contributed by atoms with Crippen molar-refractivity contribution >= 4 is 46.0 Å². The number of benzene rings is 4. The number of nitrogens with zero attached hydrogens (tertiary/aromatic N) is 1. The van der Waals surface area contributed by atoms with E-state index in [9.17, 15) is 4.79 Å². The van der Waals surface area contributed by atoms with Crippen molar-refractivity contribution in [2.45, 2.75) is 19.6 Å². The second kappa shape index (κ2) is 9.94. The van der Waals surface area contributed by atoms with E-state index < -0.39 is 0 Å². The minimum absolute atomic E-state index is 0.148. The first-order valence-electron chi connectivity index (χ1n) is 10.5. The molecule has 0 fully saturated rings. The lowest BCUT2D eigenvalue weighted by Crippen LogP contribution is -2.14. The van der Waals surface area contributed by atoms with Gasteiger partial charge < -0.3 is 5.32 Å². The molecular weight excluding hydrogens is 444 g/mol. The number of para-hydroxylation sites is 1. The number of carbonyl (C=O) groups excluding carboxylic acids is 1. The molecule has 0 saturated carbocycles. The number of nitrogens with one attached hydrogen (secondary N) is 1. The Hall–Kier alpha value is -3.54. The third-order valence-electron chi connectivity index (χ3n) is 5.04. The number of rotatable bonds is 6. The molecule has 33 heavy (non-hydrogen) atoms. The Morgan fingerprint density at radius 2 is 1.21 bits per heavy atom. The largest absolute Gasteiger partial charge is 0.320 e. The van der Waals surface area contributed by atoms with E-state index in [4.69, 9.17) is 0 Å². The fourth-order valence-corrected chi connectivity index (χ4v) is 5.59. The summed E-state index contributed by atoms with van der Waals surface area (Å²) in [5.74, 6) is -0.148. The molecular formula is C28H20N2OS2. The van der Waals surface area contributed by atoms with E-state index in [2.05, 4.69) is 34.6 Å². The third-order valence-corrected chi connectivity index (χ3v) is 7.17. The molecule has 0 unspecified atom stereocenters. The number of aromatic nitrogens is 1. The summed E-state index contributed by atoms with van der Waals surface area (Å²) in [5.41, 5.74) is 2.14. The summed E-state index contributed by atoms with van der Waals surface area (Å²) in [6.07, 6.45) is 1.74. The number of carbonyl (C=O) groups is 1. The van der Waals surface area contributed by atoms with Crippen LogP contribution in [0, 0.1) is 0 Å². The predicted octanol–water partition coefficient (Wildman–Crippen LogP) is 7.79. The summed E-state index contributed by atoms with van der Waals surface area (Å²) in [7, 11) is 0. The van der Waals surface area contributed by atoms with Crippen molar-refractivity contribution in [2.24, 2.45) is 0 Å². The van der Waals surface area contributed by atoms with Gasteiger partial charge >= 0.3 is 0 Å². The van der Waals surface area contributed by atoms with Crippen LogP contribution in [-0.4, -0.2) is 10.9 Å². The van der Waals surface area contributed by atoms with Crippen LogP contribution in [0.4, 0.5) is 5.69 Å². The van der Waals surface area contributed by atoms with Crippen LogP contribution in [-0.2, 0) is 0 Å². The molecule has 1 heterocycles. The van der Waals surface area contributed by atoms with E-state index in [1.54, 1.807) is 29.7 Å². The molecule has 5 aromatic rings. The van der Waals surface area contributed by atoms with E-state index in [0.29, 0.717) is 11.3 Å². The highest BCUT2D eigenvalue weighted by molar-refractivity contribution is 8.00. The van der Waals surface area contributed by atoms with E-state index in [1.165, 1.54) is 0 Å². The molecule has 0 atom stereocenters. The Kier molecular flexibility index (Phi) is 6.42. The number of amides is 1. The molecule has 0 aliphatic heterocycles. The fraction of sp³-hybridized carbons (Fsp3) is 0. The number of anilines is 1. The molecule has 0 radical (unpaired) electrons. The normalized spacial score (nSPS) is 10.8. The zero-order valence-electron chi connectivity index (χ0n) is 17.6. The highest BCUT2D eigenvalue weighted by Crippen LogP contribution is 2.38. The van der Waals surface area contributed by atoms with Crippen molar-refractivity contribution in [3.05, 3.63) is 121 Å². The van der Waals surface area contributed by atoms with Gasteiger partial charge in [-0.05, 0) is 48.5 Å². The van der Waals surface area contributed by atoms with Gasteiger partial charge in [-0.15, -0.1) is 0 Å². The maximum atomic E-state index is 13.7. The first kappa shape index (κ1) is 21.3. The smallest absolute Gasteiger partial charge is 0.258 e. The van der Waals surface area contributed by atoms with Crippen molar-refractivity contribution in [1.82, 2.24) is 4.98 Å². The monoisotopic (exact) mass is 464 g/mol. The summed E-state index contributed by atoms with van der Waals surface area (Å²) < 4.78 is 0. The van der Waals surface area contributed by atoms with Crippen LogP contribution in [0.2, 0.25) is 0 Å². The van der Waals surface area contributed by atoms with Crippen molar-refractivity contribution in [3.63, 3.8) is 0 Å². The molecule has 5 heteroatoms. The Morgan fingerprint density at radius 3 is 1.85 bits per heavy atom. The van der Waals surface area contributed by atoms with E-state index in [0.717, 1.165) is 30.5 Å². The average Bonchev–Trinajstić information content (AvgIpc) is 2.86. The molecule has 3 nitrogen and oxygen atoms in total. The molecule has 0 spiro atoms. The SMILES string of the molecule is O=C(Nc1cccc2cccnc12)c1c(Sc2ccccc2)cccc1Sc1ccccc1. The van der Waals surface area contributed by atoms with Crippen LogP contribution < -0.4 is 5.32 Å². The average molecular weight is 465 g/mol. The summed E-state index contributed by atoms with van der Waals surface area (Å²) in [6, 6.07) is 36.0. The van der Waals surface area contributed by atoms with Gasteiger partial charge in [0.05, 0.1) is 16.8 Å². The lowest BCUT2D eigenvalue weighted by Gasteiger charge is -2.15. The van der Waals surface area contributed by atoms with Crippen LogP contribution >= 0.6 is 23.5 Å². The van der Waals surface area contributed by atoms with Gasteiger partial charge in [0, 0.05) is 31.2 Å². The highest BCUT2D eigenvalue weighted by Gasteiger charge is 2.19. The van der Waals surface area contributed by atoms with Crippen molar-refractivity contribution in [1.29, 1.82) is 0 Å². The first-order valence-corrected chi connectivity index (χ1v) is 12.2. The zero-order chi connectivity index (χ0) is 22.5. The number of fused-ring (bicyclic) bond motifs is 1. The quantitative estimate of drug-likeness (QED) is 0.278. The molecule has 0 aliphatic rings. The minimum atomic E-state index is -0.148. The van der Waals surface area contributed by atoms with E-state index >= 15 is 0 Å². The Labute approximate surface area is 201 Å². The third kappa shape index (κ3) is 4.95. The summed E-state index contributed by atoms with van der Waals surface area (Å²) >= 11 is 3.18. The fourth-order valence-electron chi connectivity index (χ4n) is 3.53. The maximum Gasteiger partial charge on any atom is 0.258 e. The molecule has 0 saturated heterocycles. The van der Waals surface area contributed by atoms with Gasteiger partial charge in [-0.2, -0.15) is 0 Å². The second-order valence-corrected chi connectivity index (χ2v) is 9.53. The Balaban J connectivity index is 1.56. The van der Waals surface area contributed by atoms with Crippen molar-refractivity contribution in [3.8, 4) is 0 Å². The van der Waals surface area contributed by atoms with Crippen LogP contribution in [0.15, 0.2) is 135 Å². The molecule has 0 bridgehead atoms. The predicted molar refractivity (Wildman–Crippen MR) is 137 cm³/mol. The van der Waals surface area contributed by atoms with Gasteiger partial charge in [-0.3, -0.25) is 9.78 Å². The summed E-state index contributed by atoms with van der Waals surface area (Å²) in [4.78, 5) is 22.2. The van der Waals surface area contributed by atoms with Crippen LogP contribution in [0.3, 0.4) is 0 Å². The van der Waals surface area contributed by atoms with Gasteiger partial charge in [-0.1, -0.05) is 84.2 Å². The van der Waals surface area contributed by atoms with Crippen molar-refractivity contribution in [2.75, 3.05) is 5.32 Å². The second-order valence-electron chi connectivity index (χ2n) is 7.29. The summed E-state index contributed by atoms with van der Waals surface area (Å²) in [6.45, 7) is 0. The van der Waals surface area contributed by atoms with Crippen LogP contribution in [0.5, 0.6) is 0 Å². The number of pyridine rings is 1. The number of hydrogen-bond donors (Lipinski definition) is 1. The van der Waals surface area contributed by atoms with Crippen molar-refractivity contribution < 1.29 is 4.79 Å². The Bertz CT molecular complexity index is 1340. The topological polar surface area (TPSA) is 42.0 Å². The van der Waals surface area contributed by atoms with E-state index in [-0.39, 0.29) is 5.91 Å². The Morgan fingerprint density at radius 1 is 0.636 bits per heavy atom. The molecule has 1 aromatic heterocycles. The molecule has 0 aliphatic carbocycles. The molecule has 1 amide bonds. The van der Waals surface area contributed by atoms with E-state index in [1.807, 2.05) is 84.9 Å². The first-order chi connectivity index (χ1) is 16.3. The highest BCUT2D eigenvalue weighted by atomic mass is 32.2. The van der Waals surface area contributed by atoms with Gasteiger partial charge in [-0.25, -0.2) is 0 Å². The molecule has 160 valence electrons. The van der Waals surface area contributed by atoms with Gasteiger partial charge in [0.1, 0.15) is 0 Å². The minimum Gasteiger partial charge on any atom is -0.320 e. The van der Waals surface area contributed by atoms with Crippen LogP contribution in [0.1, 0.15) is 10.4 Å². The molecule has 4 aromatic carbocycles. The van der Waals surface area contributed by atoms with Gasteiger partial charge in [0.15, 0.2) is 0 Å². The van der Waals surface area contributed by atoms with Crippen LogP contribution in [0.25, 0.3) is 10.9 Å². The summed E-state index contributed by atoms with van der Waals surface area (Å²) in [5, 5.41) is 4.11. The number of hydrogen-bond acceptors (Lipinski definition) is 4. The molecule has 1 N–H and O–H groups in total. The van der Waals surface area contributed by atoms with Gasteiger partial charge in [0.2, 0.25) is 0 Å². The lowest BCUT2D eigenvalue weighted by atomic mass is 10.1. The lowest BCUT2D eigenvalue weighted by molar-refractivity contribution is 0.102.